The first-order chi connectivity index (χ1) is 13.7. The molecule has 10 radical (unpaired) electrons. The van der Waals surface area contributed by atoms with E-state index < -0.39 is 4.92 Å². The third-order valence-electron chi connectivity index (χ3n) is 4.06. The minimum Gasteiger partial charge on any atom is -0.258 e. The zero-order chi connectivity index (χ0) is 19.3. The van der Waals surface area contributed by atoms with Crippen molar-refractivity contribution in [1.29, 1.82) is 0 Å². The van der Waals surface area contributed by atoms with E-state index in [4.69, 9.17) is 0 Å². The molecule has 0 unspecified atom stereocenters. The molecule has 0 spiro atoms. The Labute approximate surface area is 185 Å². The van der Waals surface area contributed by atoms with E-state index in [9.17, 15) is 10.1 Å². The molecule has 1 aromatic heterocycles. The van der Waals surface area contributed by atoms with Gasteiger partial charge in [-0.1, -0.05) is 11.8 Å². The largest absolute Gasteiger partial charge is 2.00 e. The number of nitro groups is 1. The van der Waals surface area contributed by atoms with Gasteiger partial charge in [0, 0.05) is 29.4 Å². The maximum absolute atomic E-state index is 10.8. The van der Waals surface area contributed by atoms with Gasteiger partial charge in [0.25, 0.3) is 5.69 Å². The molecule has 7 nitrogen and oxygen atoms in total. The minimum absolute atomic E-state index is 0. The molecule has 144 valence electrons. The second kappa shape index (κ2) is 10.4. The van der Waals surface area contributed by atoms with Crippen LogP contribution in [0.5, 0.6) is 0 Å². The second-order valence-corrected chi connectivity index (χ2v) is 6.84. The van der Waals surface area contributed by atoms with Gasteiger partial charge in [0.1, 0.15) is 0 Å². The summed E-state index contributed by atoms with van der Waals surface area (Å²) in [6.45, 7) is 0. The summed E-state index contributed by atoms with van der Waals surface area (Å²) < 4.78 is 1.69. The number of non-ortho nitro benzene ring substituents is 1. The van der Waals surface area contributed by atoms with Crippen LogP contribution in [0.25, 0.3) is 11.4 Å². The van der Waals surface area contributed by atoms with Crippen LogP contribution >= 0.6 is 11.8 Å². The minimum atomic E-state index is -0.426. The van der Waals surface area contributed by atoms with Crippen molar-refractivity contribution in [2.45, 2.75) is 5.16 Å². The van der Waals surface area contributed by atoms with E-state index in [2.05, 4.69) is 15.3 Å². The molecule has 29 heavy (non-hydrogen) atoms. The van der Waals surface area contributed by atoms with Crippen LogP contribution in [0, 0.1) is 73.8 Å². The fraction of sp³-hybridized carbons (Fsp3) is 0.0500. The second-order valence-electron chi connectivity index (χ2n) is 5.89. The predicted molar refractivity (Wildman–Crippen MR) is 108 cm³/mol. The molecule has 2 aliphatic carbocycles. The van der Waals surface area contributed by atoms with E-state index in [1.165, 1.54) is 12.1 Å². The van der Waals surface area contributed by atoms with Gasteiger partial charge in [-0.05, 0) is 69.9 Å². The Hall–Kier alpha value is -1.70. The number of benzene rings is 1. The van der Waals surface area contributed by atoms with Gasteiger partial charge < -0.3 is 0 Å². The van der Waals surface area contributed by atoms with Crippen molar-refractivity contribution in [3.8, 4) is 11.4 Å². The number of aromatic nitrogens is 3. The van der Waals surface area contributed by atoms with Crippen molar-refractivity contribution in [3.63, 3.8) is 0 Å². The van der Waals surface area contributed by atoms with E-state index in [-0.39, 0.29) is 22.8 Å². The van der Waals surface area contributed by atoms with Gasteiger partial charge in [-0.2, -0.15) is 9.78 Å². The van der Waals surface area contributed by atoms with Crippen molar-refractivity contribution in [2.75, 3.05) is 5.75 Å². The van der Waals surface area contributed by atoms with Gasteiger partial charge in [-0.3, -0.25) is 10.1 Å². The Morgan fingerprint density at radius 2 is 1.55 bits per heavy atom. The maximum atomic E-state index is 10.8. The molecule has 1 aromatic carbocycles. The summed E-state index contributed by atoms with van der Waals surface area (Å²) in [7, 11) is 0. The maximum Gasteiger partial charge on any atom is 2.00 e. The number of nitrogens with zero attached hydrogens (tertiary/aromatic N) is 5. The Morgan fingerprint density at radius 1 is 0.931 bits per heavy atom. The molecule has 2 saturated carbocycles. The number of hydrogen-bond donors (Lipinski definition) is 0. The molecule has 3 aliphatic rings. The molecular weight excluding hydrogens is 430 g/mol. The van der Waals surface area contributed by atoms with E-state index in [1.54, 1.807) is 28.6 Å². The third kappa shape index (κ3) is 5.27. The molecule has 5 rings (SSSR count). The van der Waals surface area contributed by atoms with Crippen LogP contribution in [0.4, 0.5) is 5.69 Å². The molecule has 2 fully saturated rings. The monoisotopic (exact) mass is 445 g/mol. The normalized spacial score (nSPS) is 18.3. The smallest absolute Gasteiger partial charge is 0.258 e. The first kappa shape index (κ1) is 22.0. The molecule has 0 atom stereocenters. The van der Waals surface area contributed by atoms with E-state index >= 15 is 0 Å². The van der Waals surface area contributed by atoms with Gasteiger partial charge in [0.2, 0.25) is 5.16 Å². The Balaban J connectivity index is 0.000000352. The summed E-state index contributed by atoms with van der Waals surface area (Å²) in [5.74, 6) is 2.39. The van der Waals surface area contributed by atoms with Crippen LogP contribution in [-0.4, -0.2) is 31.3 Å². The fourth-order valence-corrected chi connectivity index (χ4v) is 3.51. The number of rotatable bonds is 3. The summed E-state index contributed by atoms with van der Waals surface area (Å²) in [6, 6.07) is 6.22. The first-order valence-electron chi connectivity index (χ1n) is 8.52. The predicted octanol–water partition coefficient (Wildman–Crippen LogP) is 3.59. The van der Waals surface area contributed by atoms with Gasteiger partial charge in [0.15, 0.2) is 5.82 Å². The van der Waals surface area contributed by atoms with E-state index in [0.717, 1.165) is 22.9 Å². The van der Waals surface area contributed by atoms with Crippen LogP contribution in [0.15, 0.2) is 34.5 Å². The first-order valence-corrected chi connectivity index (χ1v) is 9.50. The van der Waals surface area contributed by atoms with Crippen LogP contribution in [0.2, 0.25) is 0 Å². The summed E-state index contributed by atoms with van der Waals surface area (Å²) in [4.78, 5) is 10.3. The SMILES string of the molecule is O=[N+]([O-])c1ccc(-c2nnc3n2N=C([C]2[CH][CH][CH][CH]2)CS3)cc1.[CH]1[CH][CH][CH][CH]1.[Fe+2]. The van der Waals surface area contributed by atoms with Crippen molar-refractivity contribution < 1.29 is 22.0 Å². The molecule has 0 N–H and O–H groups in total. The van der Waals surface area contributed by atoms with Gasteiger partial charge in [-0.25, -0.2) is 0 Å². The third-order valence-corrected chi connectivity index (χ3v) is 4.99. The molecule has 2 heterocycles. The summed E-state index contributed by atoms with van der Waals surface area (Å²) >= 11 is 1.57. The summed E-state index contributed by atoms with van der Waals surface area (Å²) in [5.41, 5.74) is 1.74. The number of hydrogen-bond acceptors (Lipinski definition) is 6. The molecule has 9 heteroatoms. The van der Waals surface area contributed by atoms with E-state index in [1.807, 2.05) is 57.8 Å². The molecule has 1 aliphatic heterocycles. The van der Waals surface area contributed by atoms with E-state index in [0.29, 0.717) is 11.0 Å². The number of fused-ring (bicyclic) bond motifs is 1. The Bertz CT molecular complexity index is 851. The Kier molecular flexibility index (Phi) is 7.86. The Morgan fingerprint density at radius 3 is 2.14 bits per heavy atom. The quantitative estimate of drug-likeness (QED) is 0.410. The zero-order valence-electron chi connectivity index (χ0n) is 15.0. The summed E-state index contributed by atoms with van der Waals surface area (Å²) in [6.07, 6.45) is 18.0. The van der Waals surface area contributed by atoms with Crippen LogP contribution in [0.3, 0.4) is 0 Å². The average Bonchev–Trinajstić information content (AvgIpc) is 3.51. The zero-order valence-corrected chi connectivity index (χ0v) is 16.9. The molecule has 0 saturated heterocycles. The van der Waals surface area contributed by atoms with Crippen molar-refractivity contribution in [3.05, 3.63) is 98.1 Å². The van der Waals surface area contributed by atoms with Crippen molar-refractivity contribution in [2.24, 2.45) is 5.10 Å². The number of thioether (sulfide) groups is 1. The summed E-state index contributed by atoms with van der Waals surface area (Å²) in [5, 5.41) is 24.4. The molecule has 0 bridgehead atoms. The van der Waals surface area contributed by atoms with Crippen molar-refractivity contribution >= 4 is 23.2 Å². The van der Waals surface area contributed by atoms with Gasteiger partial charge in [-0.15, -0.1) is 10.2 Å². The van der Waals surface area contributed by atoms with Crippen LogP contribution < -0.4 is 0 Å². The standard InChI is InChI=1S/C15H10N5O2S.C5H5.Fe/c21-20(22)12-7-5-11(6-8-12)14-16-17-15-19(14)18-13(9-23-15)10-3-1-2-4-10;1-2-4-5-3-1;/h1-8H,9H2;1-5H;/q;;+2. The number of nitro benzene ring substituents is 1. The van der Waals surface area contributed by atoms with Gasteiger partial charge >= 0.3 is 17.1 Å². The molecule has 0 amide bonds. The van der Waals surface area contributed by atoms with Crippen LogP contribution in [0.1, 0.15) is 0 Å². The van der Waals surface area contributed by atoms with Crippen molar-refractivity contribution in [1.82, 2.24) is 14.9 Å². The fourth-order valence-electron chi connectivity index (χ4n) is 2.67. The van der Waals surface area contributed by atoms with Crippen LogP contribution in [-0.2, 0) is 17.1 Å². The average molecular weight is 445 g/mol. The topological polar surface area (TPSA) is 86.2 Å². The molecular formula is C20H15FeN5O2S+2. The molecule has 2 aromatic rings. The van der Waals surface area contributed by atoms with Gasteiger partial charge in [0.05, 0.1) is 10.6 Å².